The zero-order valence-corrected chi connectivity index (χ0v) is 9.94. The fraction of sp³-hybridized carbons (Fsp3) is 0.727. The molecule has 0 unspecified atom stereocenters. The van der Waals surface area contributed by atoms with Gasteiger partial charge in [0.1, 0.15) is 5.71 Å². The predicted molar refractivity (Wildman–Crippen MR) is 61.4 cm³/mol. The van der Waals surface area contributed by atoms with Gasteiger partial charge in [-0.25, -0.2) is 5.01 Å². The second kappa shape index (κ2) is 5.27. The lowest BCUT2D eigenvalue weighted by atomic mass is 10.1. The van der Waals surface area contributed by atoms with Crippen LogP contribution >= 0.6 is 0 Å². The van der Waals surface area contributed by atoms with Crippen LogP contribution in [0.2, 0.25) is 0 Å². The number of amides is 2. The van der Waals surface area contributed by atoms with E-state index in [1.54, 1.807) is 7.05 Å². The lowest BCUT2D eigenvalue weighted by Crippen LogP contribution is -2.39. The van der Waals surface area contributed by atoms with Crippen molar-refractivity contribution in [3.63, 3.8) is 0 Å². The summed E-state index contributed by atoms with van der Waals surface area (Å²) in [4.78, 5) is 23.0. The van der Waals surface area contributed by atoms with Crippen molar-refractivity contribution in [3.8, 4) is 0 Å². The summed E-state index contributed by atoms with van der Waals surface area (Å²) in [6.45, 7) is 2.11. The third-order valence-corrected chi connectivity index (χ3v) is 3.04. The standard InChI is InChI=1S/C11H17N3O3/c1-14-10(15)3-2-9(13-14)11(16)12-6-8-4-5-17-7-8/h8H,2-7H2,1H3,(H,12,16)/t8-/m0/s1. The Bertz CT molecular complexity index is 348. The van der Waals surface area contributed by atoms with Gasteiger partial charge >= 0.3 is 0 Å². The van der Waals surface area contributed by atoms with Crippen LogP contribution in [0.25, 0.3) is 0 Å². The molecule has 94 valence electrons. The molecular formula is C11H17N3O3. The molecule has 1 atom stereocenters. The first-order chi connectivity index (χ1) is 8.16. The molecule has 2 rings (SSSR count). The average molecular weight is 239 g/mol. The third-order valence-electron chi connectivity index (χ3n) is 3.04. The van der Waals surface area contributed by atoms with Gasteiger partial charge < -0.3 is 10.1 Å². The van der Waals surface area contributed by atoms with E-state index in [-0.39, 0.29) is 11.8 Å². The van der Waals surface area contributed by atoms with Crippen molar-refractivity contribution in [1.29, 1.82) is 0 Å². The number of hydrogen-bond acceptors (Lipinski definition) is 4. The summed E-state index contributed by atoms with van der Waals surface area (Å²) in [7, 11) is 1.57. The highest BCUT2D eigenvalue weighted by molar-refractivity contribution is 6.39. The van der Waals surface area contributed by atoms with Gasteiger partial charge in [-0.05, 0) is 6.42 Å². The Morgan fingerprint density at radius 1 is 1.59 bits per heavy atom. The van der Waals surface area contributed by atoms with Crippen molar-refractivity contribution in [1.82, 2.24) is 10.3 Å². The second-order valence-corrected chi connectivity index (χ2v) is 4.40. The van der Waals surface area contributed by atoms with Gasteiger partial charge in [0.2, 0.25) is 5.91 Å². The molecule has 2 aliphatic heterocycles. The van der Waals surface area contributed by atoms with E-state index < -0.39 is 0 Å². The Morgan fingerprint density at radius 3 is 3.06 bits per heavy atom. The van der Waals surface area contributed by atoms with Gasteiger partial charge in [-0.1, -0.05) is 0 Å². The molecule has 0 spiro atoms. The summed E-state index contributed by atoms with van der Waals surface area (Å²) >= 11 is 0. The molecule has 0 aromatic carbocycles. The van der Waals surface area contributed by atoms with Crippen LogP contribution in [-0.4, -0.2) is 49.3 Å². The van der Waals surface area contributed by atoms with Crippen LogP contribution in [-0.2, 0) is 14.3 Å². The second-order valence-electron chi connectivity index (χ2n) is 4.40. The number of hydrazone groups is 1. The molecule has 17 heavy (non-hydrogen) atoms. The quantitative estimate of drug-likeness (QED) is 0.738. The number of carbonyl (C=O) groups is 2. The SMILES string of the molecule is CN1N=C(C(=O)NC[C@@H]2CCOC2)CCC1=O. The predicted octanol–water partition coefficient (Wildman–Crippen LogP) is -0.253. The van der Waals surface area contributed by atoms with Crippen LogP contribution in [0.1, 0.15) is 19.3 Å². The molecule has 0 radical (unpaired) electrons. The molecule has 0 aromatic heterocycles. The molecule has 1 saturated heterocycles. The first kappa shape index (κ1) is 12.0. The maximum atomic E-state index is 11.8. The first-order valence-electron chi connectivity index (χ1n) is 5.87. The van der Waals surface area contributed by atoms with Crippen LogP contribution < -0.4 is 5.32 Å². The zero-order chi connectivity index (χ0) is 12.3. The van der Waals surface area contributed by atoms with E-state index in [1.165, 1.54) is 5.01 Å². The van der Waals surface area contributed by atoms with E-state index in [1.807, 2.05) is 0 Å². The average Bonchev–Trinajstić information content (AvgIpc) is 2.82. The van der Waals surface area contributed by atoms with Gasteiger partial charge in [-0.15, -0.1) is 0 Å². The van der Waals surface area contributed by atoms with E-state index in [2.05, 4.69) is 10.4 Å². The van der Waals surface area contributed by atoms with Crippen molar-refractivity contribution >= 4 is 17.5 Å². The van der Waals surface area contributed by atoms with E-state index >= 15 is 0 Å². The third kappa shape index (κ3) is 3.03. The Labute approximate surface area is 100.0 Å². The Balaban J connectivity index is 1.83. The van der Waals surface area contributed by atoms with Gasteiger partial charge in [0.15, 0.2) is 0 Å². The molecule has 6 nitrogen and oxygen atoms in total. The molecule has 0 aromatic rings. The minimum absolute atomic E-state index is 0.0502. The summed E-state index contributed by atoms with van der Waals surface area (Å²) in [5, 5.41) is 8.04. The Morgan fingerprint density at radius 2 is 2.41 bits per heavy atom. The highest BCUT2D eigenvalue weighted by atomic mass is 16.5. The Hall–Kier alpha value is -1.43. The van der Waals surface area contributed by atoms with E-state index in [9.17, 15) is 9.59 Å². The monoisotopic (exact) mass is 239 g/mol. The Kier molecular flexibility index (Phi) is 3.73. The molecule has 0 saturated carbocycles. The molecule has 6 heteroatoms. The minimum atomic E-state index is -0.170. The van der Waals surface area contributed by atoms with Crippen LogP contribution in [0.15, 0.2) is 5.10 Å². The number of nitrogens with one attached hydrogen (secondary N) is 1. The number of ether oxygens (including phenoxy) is 1. The minimum Gasteiger partial charge on any atom is -0.381 e. The maximum absolute atomic E-state index is 11.8. The first-order valence-corrected chi connectivity index (χ1v) is 5.87. The van der Waals surface area contributed by atoms with Crippen molar-refractivity contribution in [2.75, 3.05) is 26.8 Å². The zero-order valence-electron chi connectivity index (χ0n) is 9.94. The lowest BCUT2D eigenvalue weighted by Gasteiger charge is -2.19. The molecule has 0 aliphatic carbocycles. The lowest BCUT2D eigenvalue weighted by molar-refractivity contribution is -0.130. The number of rotatable bonds is 3. The van der Waals surface area contributed by atoms with Crippen LogP contribution in [0.5, 0.6) is 0 Å². The number of nitrogens with zero attached hydrogens (tertiary/aromatic N) is 2. The van der Waals surface area contributed by atoms with E-state index in [0.717, 1.165) is 13.0 Å². The van der Waals surface area contributed by atoms with Gasteiger partial charge in [0.25, 0.3) is 5.91 Å². The van der Waals surface area contributed by atoms with Crippen LogP contribution in [0.3, 0.4) is 0 Å². The molecule has 2 amide bonds. The molecule has 0 bridgehead atoms. The number of carbonyl (C=O) groups excluding carboxylic acids is 2. The molecule has 2 heterocycles. The van der Waals surface area contributed by atoms with Crippen molar-refractivity contribution in [3.05, 3.63) is 0 Å². The van der Waals surface area contributed by atoms with Crippen LogP contribution in [0.4, 0.5) is 0 Å². The summed E-state index contributed by atoms with van der Waals surface area (Å²) in [6, 6.07) is 0. The van der Waals surface area contributed by atoms with Crippen LogP contribution in [0, 0.1) is 5.92 Å². The number of hydrogen-bond donors (Lipinski definition) is 1. The van der Waals surface area contributed by atoms with Gasteiger partial charge in [-0.2, -0.15) is 5.10 Å². The highest BCUT2D eigenvalue weighted by Gasteiger charge is 2.23. The summed E-state index contributed by atoms with van der Waals surface area (Å²) in [6.07, 6.45) is 1.77. The molecule has 2 aliphatic rings. The fourth-order valence-electron chi connectivity index (χ4n) is 1.92. The summed E-state index contributed by atoms with van der Waals surface area (Å²) in [5.41, 5.74) is 0.436. The largest absolute Gasteiger partial charge is 0.381 e. The van der Waals surface area contributed by atoms with Crippen molar-refractivity contribution in [2.45, 2.75) is 19.3 Å². The fourth-order valence-corrected chi connectivity index (χ4v) is 1.92. The highest BCUT2D eigenvalue weighted by Crippen LogP contribution is 2.11. The topological polar surface area (TPSA) is 71.0 Å². The molecule has 1 fully saturated rings. The smallest absolute Gasteiger partial charge is 0.267 e. The van der Waals surface area contributed by atoms with Gasteiger partial charge in [-0.3, -0.25) is 9.59 Å². The molecular weight excluding hydrogens is 222 g/mol. The van der Waals surface area contributed by atoms with Crippen molar-refractivity contribution < 1.29 is 14.3 Å². The van der Waals surface area contributed by atoms with Gasteiger partial charge in [0.05, 0.1) is 6.61 Å². The summed E-state index contributed by atoms with van der Waals surface area (Å²) in [5.74, 6) is 0.185. The van der Waals surface area contributed by atoms with E-state index in [0.29, 0.717) is 37.6 Å². The molecule has 1 N–H and O–H groups in total. The maximum Gasteiger partial charge on any atom is 0.267 e. The summed E-state index contributed by atoms with van der Waals surface area (Å²) < 4.78 is 5.23. The normalized spacial score (nSPS) is 24.8. The van der Waals surface area contributed by atoms with Gasteiger partial charge in [0, 0.05) is 39.0 Å². The van der Waals surface area contributed by atoms with Crippen molar-refractivity contribution in [2.24, 2.45) is 11.0 Å². The van der Waals surface area contributed by atoms with E-state index in [4.69, 9.17) is 4.74 Å².